The van der Waals surface area contributed by atoms with E-state index in [1.165, 1.54) is 20.4 Å². The van der Waals surface area contributed by atoms with Gasteiger partial charge < -0.3 is 43.5 Å². The fourth-order valence-corrected chi connectivity index (χ4v) is 10.3. The number of carbonyl (C=O) groups excluding carboxylic acids is 5. The average Bonchev–Trinajstić information content (AvgIpc) is 3.26. The fourth-order valence-electron chi connectivity index (χ4n) is 10.3. The summed E-state index contributed by atoms with van der Waals surface area (Å²) in [6.45, 7) is 11.6. The number of fused-ring (bicyclic) bond motifs is 3. The summed E-state index contributed by atoms with van der Waals surface area (Å²) >= 11 is 0. The molecule has 1 saturated carbocycles. The van der Waals surface area contributed by atoms with Crippen molar-refractivity contribution in [2.75, 3.05) is 34.0 Å². The van der Waals surface area contributed by atoms with E-state index in [-0.39, 0.29) is 68.0 Å². The number of unbranched alkanes of at least 4 members (excludes halogenated alkanes) is 1. The van der Waals surface area contributed by atoms with E-state index in [0.29, 0.717) is 62.7 Å². The molecule has 3 fully saturated rings. The lowest BCUT2D eigenvalue weighted by Crippen LogP contribution is -2.67. The average molecular weight is 887 g/mol. The van der Waals surface area contributed by atoms with Gasteiger partial charge in [-0.2, -0.15) is 0 Å². The van der Waals surface area contributed by atoms with Gasteiger partial charge in [-0.3, -0.25) is 19.4 Å². The molecule has 354 valence electrons. The summed E-state index contributed by atoms with van der Waals surface area (Å²) in [5, 5.41) is 24.0. The van der Waals surface area contributed by atoms with Gasteiger partial charge in [-0.25, -0.2) is 9.59 Å². The second-order valence-corrected chi connectivity index (χ2v) is 19.1. The predicted molar refractivity (Wildman–Crippen MR) is 233 cm³/mol. The molecule has 2 N–H and O–H groups in total. The first kappa shape index (κ1) is 50.7. The topological polar surface area (TPSA) is 197 Å². The number of hydrogen-bond donors (Lipinski definition) is 2. The molecule has 4 heterocycles. The second kappa shape index (κ2) is 22.7. The summed E-state index contributed by atoms with van der Waals surface area (Å²) < 4.78 is 35.6. The molecule has 1 amide bonds. The molecule has 0 aromatic heterocycles. The number of Topliss-reactive ketones (excluding diaryl/α,β-unsaturated/α-hetero) is 2. The number of nitrogens with zero attached hydrogens (tertiary/aromatic N) is 2. The van der Waals surface area contributed by atoms with Crippen LogP contribution in [0.4, 0.5) is 0 Å². The second-order valence-electron chi connectivity index (χ2n) is 19.1. The molecular weight excluding hydrogens is 813 g/mol. The van der Waals surface area contributed by atoms with Crippen LogP contribution < -0.4 is 0 Å². The normalized spacial score (nSPS) is 37.9. The largest absolute Gasteiger partial charge is 0.464 e. The Kier molecular flexibility index (Phi) is 18.3. The Labute approximate surface area is 373 Å². The summed E-state index contributed by atoms with van der Waals surface area (Å²) in [5.74, 6) is -8.01. The van der Waals surface area contributed by atoms with Gasteiger partial charge in [0.25, 0.3) is 11.7 Å². The molecule has 0 radical (unpaired) electrons. The third-order valence-corrected chi connectivity index (χ3v) is 14.1. The lowest BCUT2D eigenvalue weighted by Gasteiger charge is -2.48. The lowest BCUT2D eigenvalue weighted by molar-refractivity contribution is -0.302. The van der Waals surface area contributed by atoms with Crippen molar-refractivity contribution in [1.29, 1.82) is 0 Å². The van der Waals surface area contributed by atoms with Crippen LogP contribution in [0.5, 0.6) is 0 Å². The van der Waals surface area contributed by atoms with Crippen molar-refractivity contribution in [3.63, 3.8) is 0 Å². The van der Waals surface area contributed by atoms with Crippen LogP contribution in [0.3, 0.4) is 0 Å². The number of allylic oxidation sites excluding steroid dienone is 3. The summed E-state index contributed by atoms with van der Waals surface area (Å²) in [6.07, 6.45) is 7.56. The maximum absolute atomic E-state index is 15.0. The smallest absolute Gasteiger partial charge is 0.355 e. The number of piperidine rings is 1. The van der Waals surface area contributed by atoms with E-state index in [4.69, 9.17) is 33.4 Å². The maximum atomic E-state index is 15.0. The van der Waals surface area contributed by atoms with Crippen molar-refractivity contribution in [3.8, 4) is 0 Å². The molecule has 5 aliphatic rings. The van der Waals surface area contributed by atoms with Gasteiger partial charge in [0.2, 0.25) is 11.4 Å². The number of carbonyl (C=O) groups is 5. The number of aliphatic hydroxyl groups excluding tert-OH is 1. The highest BCUT2D eigenvalue weighted by Crippen LogP contribution is 2.41. The zero-order valence-corrected chi connectivity index (χ0v) is 38.9. The van der Waals surface area contributed by atoms with Gasteiger partial charge >= 0.3 is 11.9 Å². The van der Waals surface area contributed by atoms with E-state index in [2.05, 4.69) is 6.92 Å². The molecule has 1 aliphatic carbocycles. The van der Waals surface area contributed by atoms with Crippen LogP contribution in [0.2, 0.25) is 0 Å². The van der Waals surface area contributed by atoms with Crippen molar-refractivity contribution in [1.82, 2.24) is 4.90 Å². The third kappa shape index (κ3) is 12.1. The number of amides is 1. The van der Waals surface area contributed by atoms with Crippen molar-refractivity contribution in [2.24, 2.45) is 34.6 Å². The number of aliphatic hydroxyl groups is 2. The highest BCUT2D eigenvalue weighted by molar-refractivity contribution is 6.39. The zero-order chi connectivity index (χ0) is 46.1. The number of ketones is 2. The summed E-state index contributed by atoms with van der Waals surface area (Å²) in [6, 6.07) is 0. The molecule has 1 spiro atoms. The minimum atomic E-state index is -2.57. The van der Waals surface area contributed by atoms with Crippen LogP contribution >= 0.6 is 0 Å². The van der Waals surface area contributed by atoms with Gasteiger partial charge in [-0.1, -0.05) is 47.1 Å². The Morgan fingerprint density at radius 2 is 1.67 bits per heavy atom. The van der Waals surface area contributed by atoms with Crippen LogP contribution in [0.15, 0.2) is 28.3 Å². The minimum Gasteiger partial charge on any atom is -0.464 e. The molecule has 15 nitrogen and oxygen atoms in total. The van der Waals surface area contributed by atoms with E-state index in [0.717, 1.165) is 30.6 Å². The number of rotatable bonds is 10. The standard InChI is InChI=1S/C48H74N2O13/c1-9-10-21-60-41(53)28-61-36-15-13-34(14-16-36)25-31(4)42-33(6)37(51)27-38(52)35-17-19-49-47(46(56)62-42)18-11-12-20-50(47)45(55)44(54)48(57)32(5)26-40(59-8)43(63-48)39(58-7)24-30(3)22-29(2)23-35/h17,19,25,29-30,32-34,36-37,39-40,42-43,51,57H,9-16,18,20-24,26-28H2,1-8H3. The van der Waals surface area contributed by atoms with Crippen LogP contribution in [-0.4, -0.2) is 133 Å². The van der Waals surface area contributed by atoms with Crippen molar-refractivity contribution in [3.05, 3.63) is 23.3 Å². The van der Waals surface area contributed by atoms with Crippen LogP contribution in [0, 0.1) is 29.6 Å². The molecular formula is C48H74N2O13. The predicted octanol–water partition coefficient (Wildman–Crippen LogP) is 5.61. The van der Waals surface area contributed by atoms with Gasteiger partial charge in [0.1, 0.15) is 18.8 Å². The third-order valence-electron chi connectivity index (χ3n) is 14.1. The van der Waals surface area contributed by atoms with E-state index >= 15 is 4.79 Å². The van der Waals surface area contributed by atoms with Gasteiger partial charge in [0.05, 0.1) is 31.0 Å². The van der Waals surface area contributed by atoms with Gasteiger partial charge in [0.15, 0.2) is 5.78 Å². The lowest BCUT2D eigenvalue weighted by atomic mass is 9.81. The van der Waals surface area contributed by atoms with Gasteiger partial charge in [0, 0.05) is 51.7 Å². The number of cyclic esters (lactones) is 1. The molecule has 5 rings (SSSR count). The number of hydrogen-bond acceptors (Lipinski definition) is 14. The first-order chi connectivity index (χ1) is 30.0. The fraction of sp³-hybridized carbons (Fsp3) is 0.792. The number of methoxy groups -OCH3 is 2. The first-order valence-electron chi connectivity index (χ1n) is 23.4. The van der Waals surface area contributed by atoms with Crippen LogP contribution in [0.1, 0.15) is 131 Å². The van der Waals surface area contributed by atoms with Crippen molar-refractivity contribution in [2.45, 2.75) is 180 Å². The van der Waals surface area contributed by atoms with Gasteiger partial charge in [-0.15, -0.1) is 0 Å². The van der Waals surface area contributed by atoms with E-state index in [1.54, 1.807) is 19.9 Å². The number of aliphatic imine (C=N–C) groups is 1. The minimum absolute atomic E-state index is 0.00390. The summed E-state index contributed by atoms with van der Waals surface area (Å²) in [4.78, 5) is 76.5. The molecule has 0 aromatic carbocycles. The molecule has 11 unspecified atom stereocenters. The molecule has 63 heavy (non-hydrogen) atoms. The highest BCUT2D eigenvalue weighted by atomic mass is 16.7. The summed E-state index contributed by atoms with van der Waals surface area (Å²) in [5.41, 5.74) is -0.962. The van der Waals surface area contributed by atoms with Crippen LogP contribution in [0.25, 0.3) is 0 Å². The van der Waals surface area contributed by atoms with E-state index in [1.807, 2.05) is 26.8 Å². The molecule has 0 aromatic rings. The van der Waals surface area contributed by atoms with E-state index < -0.39 is 71.5 Å². The molecule has 4 aliphatic heterocycles. The van der Waals surface area contributed by atoms with Crippen LogP contribution in [-0.2, 0) is 52.4 Å². The van der Waals surface area contributed by atoms with Crippen molar-refractivity contribution >= 4 is 35.6 Å². The molecule has 15 heteroatoms. The molecule has 4 bridgehead atoms. The SMILES string of the molecule is CCCCOC(=O)COC1CCC(C=C(C)C2OC(=O)C34CCCCN3C(=O)C(=O)C3(O)OC(C(OC)CC(C)CC(C)CC(=CC=N4)C(=O)CC(O)C2C)C(OC)CC3C)CC1. The van der Waals surface area contributed by atoms with Crippen molar-refractivity contribution < 1.29 is 62.6 Å². The molecule has 2 saturated heterocycles. The Morgan fingerprint density at radius 3 is 2.35 bits per heavy atom. The maximum Gasteiger partial charge on any atom is 0.355 e. The first-order valence-corrected chi connectivity index (χ1v) is 23.4. The highest BCUT2D eigenvalue weighted by Gasteiger charge is 2.59. The quantitative estimate of drug-likeness (QED) is 0.119. The summed E-state index contributed by atoms with van der Waals surface area (Å²) in [7, 11) is 3.06. The monoisotopic (exact) mass is 887 g/mol. The molecule has 11 atom stereocenters. The Bertz CT molecular complexity index is 1710. The Balaban J connectivity index is 1.52. The van der Waals surface area contributed by atoms with E-state index in [9.17, 15) is 29.4 Å². The Hall–Kier alpha value is -3.34. The number of esters is 2. The zero-order valence-electron chi connectivity index (χ0n) is 38.9. The van der Waals surface area contributed by atoms with Gasteiger partial charge in [-0.05, 0) is 113 Å². The Morgan fingerprint density at radius 1 is 0.968 bits per heavy atom. The number of ether oxygens (including phenoxy) is 6.